The Morgan fingerprint density at radius 3 is 2.67 bits per heavy atom. The van der Waals surface area contributed by atoms with E-state index < -0.39 is 5.79 Å². The summed E-state index contributed by atoms with van der Waals surface area (Å²) >= 11 is 0. The summed E-state index contributed by atoms with van der Waals surface area (Å²) in [5.74, 6) is -0.0676. The summed E-state index contributed by atoms with van der Waals surface area (Å²) in [5.41, 5.74) is 0. The smallest absolute Gasteiger partial charge is 0.164 e. The van der Waals surface area contributed by atoms with Gasteiger partial charge in [0.2, 0.25) is 0 Å². The lowest BCUT2D eigenvalue weighted by Gasteiger charge is -2.19. The lowest BCUT2D eigenvalue weighted by atomic mass is 10.1. The van der Waals surface area contributed by atoms with Crippen LogP contribution in [0, 0.1) is 5.92 Å². The Labute approximate surface area is 72.0 Å². The minimum Gasteiger partial charge on any atom is -0.344 e. The Balaban J connectivity index is 2.20. The number of Topliss-reactive ketones (excluding diaryl/α,β-unsaturated/α-hetero) is 1. The van der Waals surface area contributed by atoms with E-state index in [9.17, 15) is 4.79 Å². The van der Waals surface area contributed by atoms with Gasteiger partial charge >= 0.3 is 0 Å². The molecule has 68 valence electrons. The molecule has 1 aliphatic heterocycles. The molecule has 1 saturated carbocycles. The molecule has 12 heavy (non-hydrogen) atoms. The molecule has 0 spiro atoms. The monoisotopic (exact) mass is 170 g/mol. The fraction of sp³-hybridized carbons (Fsp3) is 0.889. The Hall–Kier alpha value is -0.410. The summed E-state index contributed by atoms with van der Waals surface area (Å²) in [6.45, 7) is 5.74. The van der Waals surface area contributed by atoms with Crippen LogP contribution in [-0.4, -0.2) is 23.8 Å². The maximum atomic E-state index is 11.3. The quantitative estimate of drug-likeness (QED) is 0.546. The van der Waals surface area contributed by atoms with E-state index in [1.165, 1.54) is 0 Å². The molecule has 0 aromatic heterocycles. The van der Waals surface area contributed by atoms with Crippen LogP contribution < -0.4 is 0 Å². The van der Waals surface area contributed by atoms with Crippen LogP contribution in [0.15, 0.2) is 0 Å². The number of ether oxygens (including phenoxy) is 2. The molecule has 0 aromatic carbocycles. The van der Waals surface area contributed by atoms with Gasteiger partial charge in [0.1, 0.15) is 6.10 Å². The predicted octanol–water partition coefficient (Wildman–Crippen LogP) is 1.12. The molecule has 0 bridgehead atoms. The number of hydrogen-bond donors (Lipinski definition) is 0. The first-order valence-corrected chi connectivity index (χ1v) is 4.38. The van der Waals surface area contributed by atoms with Crippen LogP contribution in [0.4, 0.5) is 0 Å². The molecule has 3 nitrogen and oxygen atoms in total. The fourth-order valence-corrected chi connectivity index (χ4v) is 2.00. The van der Waals surface area contributed by atoms with E-state index in [-0.39, 0.29) is 18.0 Å². The van der Waals surface area contributed by atoms with Gasteiger partial charge in [0.05, 0.1) is 6.10 Å². The van der Waals surface area contributed by atoms with Crippen LogP contribution in [0.5, 0.6) is 0 Å². The second-order valence-electron chi connectivity index (χ2n) is 4.17. The average molecular weight is 170 g/mol. The van der Waals surface area contributed by atoms with Gasteiger partial charge in [-0.25, -0.2) is 0 Å². The van der Waals surface area contributed by atoms with E-state index in [0.29, 0.717) is 12.3 Å². The van der Waals surface area contributed by atoms with Gasteiger partial charge in [-0.15, -0.1) is 0 Å². The molecule has 1 saturated heterocycles. The van der Waals surface area contributed by atoms with Crippen molar-refractivity contribution in [3.8, 4) is 0 Å². The minimum atomic E-state index is -0.570. The first kappa shape index (κ1) is 8.20. The molecule has 2 aliphatic rings. The molecule has 0 amide bonds. The van der Waals surface area contributed by atoms with Crippen LogP contribution in [0.2, 0.25) is 0 Å². The molecule has 0 unspecified atom stereocenters. The normalized spacial score (nSPS) is 44.9. The Morgan fingerprint density at radius 2 is 2.08 bits per heavy atom. The second-order valence-corrected chi connectivity index (χ2v) is 4.17. The number of hydrogen-bond acceptors (Lipinski definition) is 3. The number of rotatable bonds is 0. The highest BCUT2D eigenvalue weighted by molar-refractivity contribution is 5.86. The summed E-state index contributed by atoms with van der Waals surface area (Å²) in [4.78, 5) is 11.3. The zero-order chi connectivity index (χ0) is 8.93. The second kappa shape index (κ2) is 2.30. The molecule has 3 heteroatoms. The van der Waals surface area contributed by atoms with Crippen molar-refractivity contribution >= 4 is 5.78 Å². The zero-order valence-electron chi connectivity index (χ0n) is 7.66. The molecule has 0 N–H and O–H groups in total. The van der Waals surface area contributed by atoms with Crippen molar-refractivity contribution in [3.05, 3.63) is 0 Å². The van der Waals surface area contributed by atoms with Crippen molar-refractivity contribution < 1.29 is 14.3 Å². The van der Waals surface area contributed by atoms with Gasteiger partial charge in [0, 0.05) is 6.42 Å². The molecule has 1 heterocycles. The first-order valence-electron chi connectivity index (χ1n) is 4.38. The summed E-state index contributed by atoms with van der Waals surface area (Å²) in [6, 6.07) is 0. The molecule has 0 aromatic rings. The van der Waals surface area contributed by atoms with Gasteiger partial charge in [-0.1, -0.05) is 6.92 Å². The highest BCUT2D eigenvalue weighted by Gasteiger charge is 2.51. The Morgan fingerprint density at radius 1 is 1.42 bits per heavy atom. The van der Waals surface area contributed by atoms with Crippen molar-refractivity contribution in [2.24, 2.45) is 5.92 Å². The third-order valence-corrected chi connectivity index (χ3v) is 2.53. The van der Waals surface area contributed by atoms with E-state index in [4.69, 9.17) is 9.47 Å². The molecular formula is C9H14O3. The van der Waals surface area contributed by atoms with E-state index in [0.717, 1.165) is 0 Å². The van der Waals surface area contributed by atoms with Gasteiger partial charge < -0.3 is 9.47 Å². The predicted molar refractivity (Wildman–Crippen MR) is 42.6 cm³/mol. The lowest BCUT2D eigenvalue weighted by molar-refractivity contribution is -0.162. The van der Waals surface area contributed by atoms with Gasteiger partial charge in [0.25, 0.3) is 0 Å². The standard InChI is InChI=1S/C9H14O3/c1-5-4-6(10)8-7(5)11-9(2,3)12-8/h5,7-8H,4H2,1-3H3/t5-,7+,8-/m1/s1. The molecule has 2 rings (SSSR count). The maximum Gasteiger partial charge on any atom is 0.164 e. The van der Waals surface area contributed by atoms with Gasteiger partial charge in [-0.3, -0.25) is 4.79 Å². The van der Waals surface area contributed by atoms with E-state index >= 15 is 0 Å². The lowest BCUT2D eigenvalue weighted by Crippen LogP contribution is -2.25. The molecule has 0 radical (unpaired) electrons. The third-order valence-electron chi connectivity index (χ3n) is 2.53. The van der Waals surface area contributed by atoms with Crippen LogP contribution >= 0.6 is 0 Å². The summed E-state index contributed by atoms with van der Waals surface area (Å²) in [5, 5.41) is 0. The van der Waals surface area contributed by atoms with Crippen LogP contribution in [-0.2, 0) is 14.3 Å². The van der Waals surface area contributed by atoms with Crippen molar-refractivity contribution in [2.45, 2.75) is 45.2 Å². The number of carbonyl (C=O) groups is 1. The van der Waals surface area contributed by atoms with Crippen molar-refractivity contribution in [2.75, 3.05) is 0 Å². The Kier molecular flexibility index (Phi) is 1.57. The van der Waals surface area contributed by atoms with E-state index in [2.05, 4.69) is 0 Å². The third kappa shape index (κ3) is 1.08. The summed E-state index contributed by atoms with van der Waals surface area (Å²) in [7, 11) is 0. The van der Waals surface area contributed by atoms with Crippen LogP contribution in [0.3, 0.4) is 0 Å². The van der Waals surface area contributed by atoms with Gasteiger partial charge in [-0.05, 0) is 19.8 Å². The largest absolute Gasteiger partial charge is 0.344 e. The highest BCUT2D eigenvalue weighted by Crippen LogP contribution is 2.39. The van der Waals surface area contributed by atoms with E-state index in [1.54, 1.807) is 0 Å². The van der Waals surface area contributed by atoms with Gasteiger partial charge in [-0.2, -0.15) is 0 Å². The molecule has 1 aliphatic carbocycles. The summed E-state index contributed by atoms with van der Waals surface area (Å²) < 4.78 is 11.1. The summed E-state index contributed by atoms with van der Waals surface area (Å²) in [6.07, 6.45) is 0.299. The van der Waals surface area contributed by atoms with Crippen LogP contribution in [0.25, 0.3) is 0 Å². The number of ketones is 1. The average Bonchev–Trinajstić information content (AvgIpc) is 2.34. The first-order chi connectivity index (χ1) is 5.49. The SMILES string of the molecule is C[C@@H]1CC(=O)[C@H]2OC(C)(C)O[C@@H]12. The van der Waals surface area contributed by atoms with E-state index in [1.807, 2.05) is 20.8 Å². The molecule has 3 atom stereocenters. The van der Waals surface area contributed by atoms with Crippen molar-refractivity contribution in [1.29, 1.82) is 0 Å². The number of fused-ring (bicyclic) bond motifs is 1. The van der Waals surface area contributed by atoms with Gasteiger partial charge in [0.15, 0.2) is 11.6 Å². The Bertz CT molecular complexity index is 222. The van der Waals surface area contributed by atoms with Crippen molar-refractivity contribution in [3.63, 3.8) is 0 Å². The highest BCUT2D eigenvalue weighted by atomic mass is 16.8. The zero-order valence-corrected chi connectivity index (χ0v) is 7.66. The minimum absolute atomic E-state index is 0.00694. The number of carbonyl (C=O) groups excluding carboxylic acids is 1. The maximum absolute atomic E-state index is 11.3. The van der Waals surface area contributed by atoms with Crippen molar-refractivity contribution in [1.82, 2.24) is 0 Å². The molecule has 2 fully saturated rings. The van der Waals surface area contributed by atoms with Crippen LogP contribution in [0.1, 0.15) is 27.2 Å². The topological polar surface area (TPSA) is 35.5 Å². The fourth-order valence-electron chi connectivity index (χ4n) is 2.00. The molecular weight excluding hydrogens is 156 g/mol.